The van der Waals surface area contributed by atoms with Crippen molar-refractivity contribution < 1.29 is 14.2 Å². The van der Waals surface area contributed by atoms with Crippen molar-refractivity contribution >= 4 is 0 Å². The van der Waals surface area contributed by atoms with Crippen LogP contribution in [0.3, 0.4) is 0 Å². The van der Waals surface area contributed by atoms with E-state index in [1.54, 1.807) is 7.11 Å². The molecule has 2 aliphatic rings. The molecule has 0 aromatic carbocycles. The predicted molar refractivity (Wildman–Crippen MR) is 84.6 cm³/mol. The van der Waals surface area contributed by atoms with E-state index < -0.39 is 0 Å². The van der Waals surface area contributed by atoms with Crippen LogP contribution < -0.4 is 5.32 Å². The van der Waals surface area contributed by atoms with Crippen LogP contribution in [0.5, 0.6) is 0 Å². The van der Waals surface area contributed by atoms with Crippen molar-refractivity contribution in [3.63, 3.8) is 0 Å². The van der Waals surface area contributed by atoms with E-state index in [2.05, 4.69) is 19.2 Å². The summed E-state index contributed by atoms with van der Waals surface area (Å²) in [4.78, 5) is 0. The fourth-order valence-corrected chi connectivity index (χ4v) is 3.44. The lowest BCUT2D eigenvalue weighted by atomic mass is 9.83. The highest BCUT2D eigenvalue weighted by Crippen LogP contribution is 2.34. The van der Waals surface area contributed by atoms with Gasteiger partial charge < -0.3 is 19.5 Å². The highest BCUT2D eigenvalue weighted by Gasteiger charge is 2.44. The molecule has 2 aliphatic carbocycles. The van der Waals surface area contributed by atoms with Crippen LogP contribution in [0.15, 0.2) is 0 Å². The lowest BCUT2D eigenvalue weighted by Gasteiger charge is -2.47. The van der Waals surface area contributed by atoms with E-state index in [0.717, 1.165) is 19.4 Å². The van der Waals surface area contributed by atoms with Gasteiger partial charge in [-0.05, 0) is 38.1 Å². The average molecular weight is 299 g/mol. The Morgan fingerprint density at radius 2 is 1.90 bits per heavy atom. The molecule has 4 heteroatoms. The monoisotopic (exact) mass is 299 g/mol. The predicted octanol–water partition coefficient (Wildman–Crippen LogP) is 2.75. The molecule has 0 aromatic rings. The molecule has 0 aromatic heterocycles. The van der Waals surface area contributed by atoms with Gasteiger partial charge in [-0.2, -0.15) is 0 Å². The van der Waals surface area contributed by atoms with Gasteiger partial charge in [-0.25, -0.2) is 0 Å². The van der Waals surface area contributed by atoms with Crippen LogP contribution in [0, 0.1) is 5.92 Å². The molecule has 2 saturated carbocycles. The van der Waals surface area contributed by atoms with Crippen LogP contribution in [0.2, 0.25) is 0 Å². The van der Waals surface area contributed by atoms with Gasteiger partial charge in [-0.15, -0.1) is 0 Å². The maximum absolute atomic E-state index is 6.39. The van der Waals surface area contributed by atoms with Crippen molar-refractivity contribution in [3.8, 4) is 0 Å². The van der Waals surface area contributed by atoms with E-state index >= 15 is 0 Å². The summed E-state index contributed by atoms with van der Waals surface area (Å²) < 4.78 is 17.5. The molecule has 5 unspecified atom stereocenters. The first kappa shape index (κ1) is 17.2. The molecule has 0 aliphatic heterocycles. The van der Waals surface area contributed by atoms with Crippen LogP contribution in [-0.4, -0.2) is 51.2 Å². The molecule has 2 fully saturated rings. The van der Waals surface area contributed by atoms with Crippen molar-refractivity contribution in [1.29, 1.82) is 0 Å². The van der Waals surface area contributed by atoms with E-state index in [-0.39, 0.29) is 12.2 Å². The first-order chi connectivity index (χ1) is 10.3. The Morgan fingerprint density at radius 3 is 2.62 bits per heavy atom. The normalized spacial score (nSPS) is 36.4. The van der Waals surface area contributed by atoms with Crippen LogP contribution in [0.4, 0.5) is 0 Å². The Hall–Kier alpha value is -0.160. The molecular weight excluding hydrogens is 266 g/mol. The maximum atomic E-state index is 6.39. The van der Waals surface area contributed by atoms with Crippen LogP contribution in [0.25, 0.3) is 0 Å². The van der Waals surface area contributed by atoms with Crippen molar-refractivity contribution in [3.05, 3.63) is 0 Å². The Kier molecular flexibility index (Phi) is 7.44. The van der Waals surface area contributed by atoms with Gasteiger partial charge in [0.05, 0.1) is 31.5 Å². The third-order valence-electron chi connectivity index (χ3n) is 4.89. The van der Waals surface area contributed by atoms with Crippen molar-refractivity contribution in [2.45, 2.75) is 76.7 Å². The zero-order valence-corrected chi connectivity index (χ0v) is 14.0. The minimum absolute atomic E-state index is 0.195. The molecule has 124 valence electrons. The summed E-state index contributed by atoms with van der Waals surface area (Å²) in [5.74, 6) is 0.695. The third-order valence-corrected chi connectivity index (χ3v) is 4.89. The fourth-order valence-electron chi connectivity index (χ4n) is 3.44. The average Bonchev–Trinajstić information content (AvgIpc) is 2.48. The summed E-state index contributed by atoms with van der Waals surface area (Å²) in [6, 6.07) is 0.450. The lowest BCUT2D eigenvalue weighted by molar-refractivity contribution is -0.183. The Morgan fingerprint density at radius 1 is 1.10 bits per heavy atom. The van der Waals surface area contributed by atoms with Crippen LogP contribution in [0.1, 0.15) is 52.4 Å². The standard InChI is InChI=1S/C17H33NO3/c1-4-9-18-14-12-16(17(14)20-11-10-19-3)21-15-8-6-5-7-13(15)2/h13-18H,4-12H2,1-3H3. The van der Waals surface area contributed by atoms with Crippen LogP contribution >= 0.6 is 0 Å². The highest BCUT2D eigenvalue weighted by atomic mass is 16.6. The second kappa shape index (κ2) is 9.09. The summed E-state index contributed by atoms with van der Waals surface area (Å²) in [6.45, 7) is 6.90. The smallest absolute Gasteiger partial charge is 0.0991 e. The minimum atomic E-state index is 0.195. The second-order valence-corrected chi connectivity index (χ2v) is 6.60. The zero-order chi connectivity index (χ0) is 15.1. The maximum Gasteiger partial charge on any atom is 0.0991 e. The third kappa shape index (κ3) is 4.92. The number of rotatable bonds is 9. The molecule has 0 radical (unpaired) electrons. The summed E-state index contributed by atoms with van der Waals surface area (Å²) in [5, 5.41) is 3.58. The summed E-state index contributed by atoms with van der Waals surface area (Å²) >= 11 is 0. The van der Waals surface area contributed by atoms with Gasteiger partial charge in [-0.3, -0.25) is 0 Å². The number of hydrogen-bond acceptors (Lipinski definition) is 4. The first-order valence-corrected chi connectivity index (χ1v) is 8.75. The Labute approximate surface area is 129 Å². The fraction of sp³-hybridized carbons (Fsp3) is 1.00. The molecule has 4 nitrogen and oxygen atoms in total. The molecule has 0 spiro atoms. The minimum Gasteiger partial charge on any atom is -0.382 e. The summed E-state index contributed by atoms with van der Waals surface area (Å²) in [5.41, 5.74) is 0. The van der Waals surface area contributed by atoms with E-state index in [1.807, 2.05) is 0 Å². The van der Waals surface area contributed by atoms with Gasteiger partial charge >= 0.3 is 0 Å². The molecule has 0 heterocycles. The number of ether oxygens (including phenoxy) is 3. The van der Waals surface area contributed by atoms with E-state index in [4.69, 9.17) is 14.2 Å². The molecule has 1 N–H and O–H groups in total. The number of nitrogens with one attached hydrogen (secondary N) is 1. The molecule has 5 atom stereocenters. The van der Waals surface area contributed by atoms with Crippen LogP contribution in [-0.2, 0) is 14.2 Å². The quantitative estimate of drug-likeness (QED) is 0.665. The molecule has 21 heavy (non-hydrogen) atoms. The van der Waals surface area contributed by atoms with Gasteiger partial charge in [0.25, 0.3) is 0 Å². The Bertz CT molecular complexity index is 287. The van der Waals surface area contributed by atoms with Gasteiger partial charge in [0.2, 0.25) is 0 Å². The largest absolute Gasteiger partial charge is 0.382 e. The molecular formula is C17H33NO3. The molecule has 0 amide bonds. The summed E-state index contributed by atoms with van der Waals surface area (Å²) in [7, 11) is 1.72. The van der Waals surface area contributed by atoms with Gasteiger partial charge in [0, 0.05) is 13.2 Å². The lowest BCUT2D eigenvalue weighted by Crippen LogP contribution is -2.61. The van der Waals surface area contributed by atoms with Gasteiger partial charge in [-0.1, -0.05) is 26.7 Å². The molecule has 0 bridgehead atoms. The first-order valence-electron chi connectivity index (χ1n) is 8.75. The SMILES string of the molecule is CCCNC1CC(OC2CCCCC2C)C1OCCOC. The van der Waals surface area contributed by atoms with E-state index in [0.29, 0.717) is 31.3 Å². The number of hydrogen-bond donors (Lipinski definition) is 1. The number of methoxy groups -OCH3 is 1. The van der Waals surface area contributed by atoms with Crippen molar-refractivity contribution in [2.24, 2.45) is 5.92 Å². The van der Waals surface area contributed by atoms with Gasteiger partial charge in [0.1, 0.15) is 0 Å². The molecule has 0 saturated heterocycles. The van der Waals surface area contributed by atoms with E-state index in [1.165, 1.54) is 25.7 Å². The zero-order valence-electron chi connectivity index (χ0n) is 14.0. The highest BCUT2D eigenvalue weighted by molar-refractivity contribution is 4.98. The van der Waals surface area contributed by atoms with Crippen molar-refractivity contribution in [1.82, 2.24) is 5.32 Å². The second-order valence-electron chi connectivity index (χ2n) is 6.60. The Balaban J connectivity index is 1.79. The van der Waals surface area contributed by atoms with Crippen molar-refractivity contribution in [2.75, 3.05) is 26.9 Å². The molecule has 2 rings (SSSR count). The summed E-state index contributed by atoms with van der Waals surface area (Å²) in [6.07, 6.45) is 8.34. The van der Waals surface area contributed by atoms with Gasteiger partial charge in [0.15, 0.2) is 0 Å². The van der Waals surface area contributed by atoms with E-state index in [9.17, 15) is 0 Å². The topological polar surface area (TPSA) is 39.7 Å².